The van der Waals surface area contributed by atoms with Crippen molar-refractivity contribution in [1.82, 2.24) is 10.2 Å². The van der Waals surface area contributed by atoms with Crippen molar-refractivity contribution in [3.63, 3.8) is 0 Å². The lowest BCUT2D eigenvalue weighted by Crippen LogP contribution is -2.13. The van der Waals surface area contributed by atoms with Crippen LogP contribution in [0.1, 0.15) is 17.3 Å². The van der Waals surface area contributed by atoms with E-state index in [2.05, 4.69) is 10.2 Å². The molecule has 0 amide bonds. The highest BCUT2D eigenvalue weighted by atomic mass is 32.2. The Morgan fingerprint density at radius 2 is 2.04 bits per heavy atom. The number of thiophene rings is 1. The first-order valence-electron chi connectivity index (χ1n) is 6.89. The van der Waals surface area contributed by atoms with Gasteiger partial charge in [0.15, 0.2) is 5.78 Å². The zero-order valence-electron chi connectivity index (χ0n) is 12.6. The number of nitrogens with zero attached hydrogens (tertiary/aromatic N) is 2. The molecule has 1 atom stereocenters. The van der Waals surface area contributed by atoms with E-state index in [0.29, 0.717) is 16.7 Å². The van der Waals surface area contributed by atoms with E-state index in [1.54, 1.807) is 31.4 Å². The number of carbonyl (C=O) groups is 1. The summed E-state index contributed by atoms with van der Waals surface area (Å²) in [5, 5.41) is 10.0. The highest BCUT2D eigenvalue weighted by Crippen LogP contribution is 2.29. The summed E-state index contributed by atoms with van der Waals surface area (Å²) in [7, 11) is 1.59. The van der Waals surface area contributed by atoms with E-state index >= 15 is 0 Å². The van der Waals surface area contributed by atoms with Crippen molar-refractivity contribution < 1.29 is 13.9 Å². The van der Waals surface area contributed by atoms with E-state index in [9.17, 15) is 4.79 Å². The number of hydrogen-bond donors (Lipinski definition) is 0. The molecule has 0 spiro atoms. The largest absolute Gasteiger partial charge is 0.497 e. The number of benzene rings is 1. The molecule has 0 radical (unpaired) electrons. The normalized spacial score (nSPS) is 12.1. The van der Waals surface area contributed by atoms with E-state index < -0.39 is 0 Å². The van der Waals surface area contributed by atoms with E-state index in [4.69, 9.17) is 9.15 Å². The smallest absolute Gasteiger partial charge is 0.277 e. The van der Waals surface area contributed by atoms with Crippen LogP contribution in [0.15, 0.2) is 51.4 Å². The Labute approximate surface area is 141 Å². The van der Waals surface area contributed by atoms with Crippen LogP contribution in [-0.2, 0) is 0 Å². The molecule has 0 aliphatic heterocycles. The summed E-state index contributed by atoms with van der Waals surface area (Å²) in [6, 6.07) is 10.9. The Morgan fingerprint density at radius 3 is 2.70 bits per heavy atom. The number of rotatable bonds is 6. The number of methoxy groups -OCH3 is 1. The standard InChI is InChI=1S/C16H14N2O3S2/c1-10(14(19)11-5-7-12(20-2)8-6-11)23-16-18-17-15(21-16)13-4-3-9-22-13/h3-10H,1-2H3. The molecule has 0 bridgehead atoms. The van der Waals surface area contributed by atoms with Gasteiger partial charge in [-0.3, -0.25) is 4.79 Å². The summed E-state index contributed by atoms with van der Waals surface area (Å²) in [5.74, 6) is 1.21. The minimum Gasteiger partial charge on any atom is -0.497 e. The van der Waals surface area contributed by atoms with Crippen molar-refractivity contribution in [2.75, 3.05) is 7.11 Å². The molecule has 0 N–H and O–H groups in total. The number of ketones is 1. The summed E-state index contributed by atoms with van der Waals surface area (Å²) < 4.78 is 10.7. The van der Waals surface area contributed by atoms with Crippen LogP contribution in [0.5, 0.6) is 5.75 Å². The summed E-state index contributed by atoms with van der Waals surface area (Å²) in [5.41, 5.74) is 0.629. The molecule has 0 aliphatic rings. The van der Waals surface area contributed by atoms with Crippen LogP contribution in [0.2, 0.25) is 0 Å². The molecule has 2 heterocycles. The third-order valence-corrected chi connectivity index (χ3v) is 4.95. The van der Waals surface area contributed by atoms with Gasteiger partial charge in [0.05, 0.1) is 17.2 Å². The van der Waals surface area contributed by atoms with E-state index in [0.717, 1.165) is 10.6 Å². The van der Waals surface area contributed by atoms with Gasteiger partial charge in [-0.1, -0.05) is 17.8 Å². The molecule has 1 unspecified atom stereocenters. The molecule has 3 rings (SSSR count). The molecule has 2 aromatic heterocycles. The predicted molar refractivity (Wildman–Crippen MR) is 90.3 cm³/mol. The van der Waals surface area contributed by atoms with Gasteiger partial charge >= 0.3 is 0 Å². The first-order valence-corrected chi connectivity index (χ1v) is 8.65. The lowest BCUT2D eigenvalue weighted by molar-refractivity contribution is 0.0993. The maximum atomic E-state index is 12.4. The fraction of sp³-hybridized carbons (Fsp3) is 0.188. The zero-order chi connectivity index (χ0) is 16.2. The molecule has 0 saturated carbocycles. The third-order valence-electron chi connectivity index (χ3n) is 3.16. The Hall–Kier alpha value is -2.12. The van der Waals surface area contributed by atoms with Crippen molar-refractivity contribution in [3.05, 3.63) is 47.3 Å². The second-order valence-corrected chi connectivity index (χ2v) is 6.94. The van der Waals surface area contributed by atoms with Crippen molar-refractivity contribution in [3.8, 4) is 16.5 Å². The van der Waals surface area contributed by atoms with Crippen LogP contribution < -0.4 is 4.74 Å². The van der Waals surface area contributed by atoms with Crippen LogP contribution in [0.25, 0.3) is 10.8 Å². The van der Waals surface area contributed by atoms with Gasteiger partial charge in [-0.2, -0.15) is 0 Å². The van der Waals surface area contributed by atoms with Crippen molar-refractivity contribution >= 4 is 28.9 Å². The Bertz CT molecular complexity index is 782. The van der Waals surface area contributed by atoms with Gasteiger partial charge in [-0.15, -0.1) is 21.5 Å². The van der Waals surface area contributed by atoms with Gasteiger partial charge in [-0.05, 0) is 42.6 Å². The minimum absolute atomic E-state index is 0.00790. The van der Waals surface area contributed by atoms with Crippen LogP contribution in [-0.4, -0.2) is 28.3 Å². The highest BCUT2D eigenvalue weighted by Gasteiger charge is 2.20. The van der Waals surface area contributed by atoms with Gasteiger partial charge in [0.1, 0.15) is 5.75 Å². The lowest BCUT2D eigenvalue weighted by atomic mass is 10.1. The van der Waals surface area contributed by atoms with Gasteiger partial charge in [-0.25, -0.2) is 0 Å². The SMILES string of the molecule is COc1ccc(C(=O)C(C)Sc2nnc(-c3cccs3)o2)cc1. The monoisotopic (exact) mass is 346 g/mol. The molecule has 118 valence electrons. The molecular formula is C16H14N2O3S2. The molecular weight excluding hydrogens is 332 g/mol. The molecule has 0 fully saturated rings. The van der Waals surface area contributed by atoms with Crippen molar-refractivity contribution in [1.29, 1.82) is 0 Å². The van der Waals surface area contributed by atoms with Crippen molar-refractivity contribution in [2.24, 2.45) is 0 Å². The predicted octanol–water partition coefficient (Wildman–Crippen LogP) is 4.17. The van der Waals surface area contributed by atoms with Gasteiger partial charge < -0.3 is 9.15 Å². The fourth-order valence-corrected chi connectivity index (χ4v) is 3.36. The number of hydrogen-bond acceptors (Lipinski definition) is 7. The number of thioether (sulfide) groups is 1. The van der Waals surface area contributed by atoms with Crippen LogP contribution >= 0.6 is 23.1 Å². The van der Waals surface area contributed by atoms with Crippen molar-refractivity contribution in [2.45, 2.75) is 17.4 Å². The average Bonchev–Trinajstić information content (AvgIpc) is 3.25. The Morgan fingerprint density at radius 1 is 1.26 bits per heavy atom. The maximum Gasteiger partial charge on any atom is 0.277 e. The fourth-order valence-electron chi connectivity index (χ4n) is 1.95. The number of aromatic nitrogens is 2. The molecule has 0 aliphatic carbocycles. The lowest BCUT2D eigenvalue weighted by Gasteiger charge is -2.08. The topological polar surface area (TPSA) is 65.2 Å². The Kier molecular flexibility index (Phi) is 4.78. The average molecular weight is 346 g/mol. The van der Waals surface area contributed by atoms with Crippen LogP contribution in [0.3, 0.4) is 0 Å². The summed E-state index contributed by atoms with van der Waals surface area (Å²) >= 11 is 2.79. The molecule has 1 aromatic carbocycles. The second-order valence-electron chi connectivity index (χ2n) is 4.70. The van der Waals surface area contributed by atoms with Gasteiger partial charge in [0.25, 0.3) is 11.1 Å². The Balaban J connectivity index is 1.68. The molecule has 7 heteroatoms. The summed E-state index contributed by atoms with van der Waals surface area (Å²) in [6.45, 7) is 1.83. The second kappa shape index (κ2) is 6.97. The maximum absolute atomic E-state index is 12.4. The first kappa shape index (κ1) is 15.8. The van der Waals surface area contributed by atoms with E-state index in [1.165, 1.54) is 23.1 Å². The quantitative estimate of drug-likeness (QED) is 0.493. The van der Waals surface area contributed by atoms with Gasteiger partial charge in [0.2, 0.25) is 0 Å². The van der Waals surface area contributed by atoms with Crippen LogP contribution in [0, 0.1) is 0 Å². The zero-order valence-corrected chi connectivity index (χ0v) is 14.2. The van der Waals surface area contributed by atoms with E-state index in [-0.39, 0.29) is 11.0 Å². The van der Waals surface area contributed by atoms with Crippen LogP contribution in [0.4, 0.5) is 0 Å². The minimum atomic E-state index is -0.319. The number of carbonyl (C=O) groups excluding carboxylic acids is 1. The molecule has 3 aromatic rings. The molecule has 23 heavy (non-hydrogen) atoms. The van der Waals surface area contributed by atoms with E-state index in [1.807, 2.05) is 24.4 Å². The highest BCUT2D eigenvalue weighted by molar-refractivity contribution is 8.00. The number of ether oxygens (including phenoxy) is 1. The summed E-state index contributed by atoms with van der Waals surface area (Å²) in [6.07, 6.45) is 0. The third kappa shape index (κ3) is 3.62. The number of Topliss-reactive ketones (excluding diaryl/α,β-unsaturated/α-hetero) is 1. The molecule has 0 saturated heterocycles. The summed E-state index contributed by atoms with van der Waals surface area (Å²) in [4.78, 5) is 13.3. The van der Waals surface area contributed by atoms with Gasteiger partial charge in [0, 0.05) is 5.56 Å². The molecule has 5 nitrogen and oxygen atoms in total. The first-order chi connectivity index (χ1) is 11.2.